The monoisotopic (exact) mass is 291 g/mol. The van der Waals surface area contributed by atoms with Crippen molar-refractivity contribution < 1.29 is 14.3 Å². The molecule has 1 aromatic carbocycles. The first-order chi connectivity index (χ1) is 10.2. The molecule has 6 heteroatoms. The molecule has 0 aromatic heterocycles. The number of anilines is 1. The summed E-state index contributed by atoms with van der Waals surface area (Å²) in [6.07, 6.45) is 1.48. The quantitative estimate of drug-likeness (QED) is 0.658. The number of amides is 2. The fourth-order valence-corrected chi connectivity index (χ4v) is 2.28. The van der Waals surface area contributed by atoms with Crippen LogP contribution in [0.3, 0.4) is 0 Å². The van der Waals surface area contributed by atoms with Crippen molar-refractivity contribution in [3.05, 3.63) is 29.8 Å². The average Bonchev–Trinajstić information content (AvgIpc) is 2.64. The third kappa shape index (κ3) is 4.54. The maximum absolute atomic E-state index is 12.1. The number of rotatable bonds is 6. The van der Waals surface area contributed by atoms with Crippen LogP contribution in [0.2, 0.25) is 0 Å². The minimum Gasteiger partial charge on any atom is -0.383 e. The topological polar surface area (TPSA) is 79.5 Å². The van der Waals surface area contributed by atoms with Crippen molar-refractivity contribution in [3.63, 3.8) is 0 Å². The lowest BCUT2D eigenvalue weighted by Crippen LogP contribution is -2.45. The third-order valence-corrected chi connectivity index (χ3v) is 3.43. The largest absolute Gasteiger partial charge is 0.383 e. The van der Waals surface area contributed by atoms with Crippen molar-refractivity contribution in [1.29, 1.82) is 0 Å². The van der Waals surface area contributed by atoms with Gasteiger partial charge in [-0.1, -0.05) is 18.2 Å². The van der Waals surface area contributed by atoms with Gasteiger partial charge in [0.25, 0.3) is 0 Å². The van der Waals surface area contributed by atoms with Crippen molar-refractivity contribution in [2.45, 2.75) is 18.9 Å². The molecular formula is C15H21N3O3. The molecule has 1 unspecified atom stereocenters. The number of ether oxygens (including phenoxy) is 1. The number of hydrogen-bond acceptors (Lipinski definition) is 4. The van der Waals surface area contributed by atoms with E-state index in [-0.39, 0.29) is 24.4 Å². The van der Waals surface area contributed by atoms with E-state index >= 15 is 0 Å². The molecule has 2 amide bonds. The second kappa shape index (κ2) is 7.75. The van der Waals surface area contributed by atoms with Gasteiger partial charge in [0.2, 0.25) is 11.8 Å². The second-order valence-corrected chi connectivity index (χ2v) is 4.96. The molecule has 0 spiro atoms. The molecule has 0 radical (unpaired) electrons. The van der Waals surface area contributed by atoms with E-state index < -0.39 is 0 Å². The zero-order valence-electron chi connectivity index (χ0n) is 12.1. The Morgan fingerprint density at radius 3 is 3.05 bits per heavy atom. The van der Waals surface area contributed by atoms with Crippen LogP contribution in [0.25, 0.3) is 0 Å². The maximum atomic E-state index is 12.1. The molecule has 1 aromatic rings. The van der Waals surface area contributed by atoms with E-state index in [1.54, 1.807) is 7.11 Å². The molecule has 0 saturated heterocycles. The fraction of sp³-hybridized carbons (Fsp3) is 0.467. The summed E-state index contributed by atoms with van der Waals surface area (Å²) < 4.78 is 4.86. The van der Waals surface area contributed by atoms with Gasteiger partial charge in [0.15, 0.2) is 0 Å². The lowest BCUT2D eigenvalue weighted by atomic mass is 10.1. The summed E-state index contributed by atoms with van der Waals surface area (Å²) in [4.78, 5) is 23.7. The minimum atomic E-state index is -0.356. The molecule has 1 aliphatic heterocycles. The summed E-state index contributed by atoms with van der Waals surface area (Å²) in [6.45, 7) is 1.07. The van der Waals surface area contributed by atoms with Gasteiger partial charge in [0, 0.05) is 19.3 Å². The Morgan fingerprint density at radius 2 is 2.24 bits per heavy atom. The normalized spacial score (nSPS) is 17.6. The SMILES string of the molecule is COCCNC(=O)CNC1CCc2ccccc2NC1=O. The molecule has 3 N–H and O–H groups in total. The molecule has 0 bridgehead atoms. The van der Waals surface area contributed by atoms with E-state index in [0.29, 0.717) is 19.6 Å². The van der Waals surface area contributed by atoms with Gasteiger partial charge in [-0.3, -0.25) is 14.9 Å². The van der Waals surface area contributed by atoms with E-state index in [9.17, 15) is 9.59 Å². The third-order valence-electron chi connectivity index (χ3n) is 3.43. The summed E-state index contributed by atoms with van der Waals surface area (Å²) in [6, 6.07) is 7.41. The predicted octanol–water partition coefficient (Wildman–Crippen LogP) is 0.292. The van der Waals surface area contributed by atoms with Crippen LogP contribution < -0.4 is 16.0 Å². The highest BCUT2D eigenvalue weighted by molar-refractivity contribution is 5.96. The van der Waals surface area contributed by atoms with Crippen LogP contribution in [0, 0.1) is 0 Å². The first-order valence-electron chi connectivity index (χ1n) is 7.08. The summed E-state index contributed by atoms with van der Waals surface area (Å²) in [7, 11) is 1.58. The zero-order valence-corrected chi connectivity index (χ0v) is 12.1. The Morgan fingerprint density at radius 1 is 1.43 bits per heavy atom. The number of fused-ring (bicyclic) bond motifs is 1. The van der Waals surface area contributed by atoms with Gasteiger partial charge in [-0.05, 0) is 24.5 Å². The summed E-state index contributed by atoms with van der Waals surface area (Å²) >= 11 is 0. The highest BCUT2D eigenvalue weighted by Crippen LogP contribution is 2.21. The number of para-hydroxylation sites is 1. The number of benzene rings is 1. The van der Waals surface area contributed by atoms with Gasteiger partial charge in [0.05, 0.1) is 19.2 Å². The van der Waals surface area contributed by atoms with E-state index in [1.807, 2.05) is 24.3 Å². The first kappa shape index (κ1) is 15.5. The number of nitrogens with one attached hydrogen (secondary N) is 3. The molecular weight excluding hydrogens is 270 g/mol. The molecule has 1 aliphatic rings. The van der Waals surface area contributed by atoms with Crippen LogP contribution in [-0.4, -0.2) is 44.7 Å². The predicted molar refractivity (Wildman–Crippen MR) is 80.1 cm³/mol. The fourth-order valence-electron chi connectivity index (χ4n) is 2.28. The zero-order chi connectivity index (χ0) is 15.1. The molecule has 0 saturated carbocycles. The van der Waals surface area contributed by atoms with Crippen LogP contribution in [0.1, 0.15) is 12.0 Å². The van der Waals surface area contributed by atoms with Crippen LogP contribution in [-0.2, 0) is 20.7 Å². The number of methoxy groups -OCH3 is 1. The summed E-state index contributed by atoms with van der Waals surface area (Å²) in [5.41, 5.74) is 1.98. The second-order valence-electron chi connectivity index (χ2n) is 4.96. The summed E-state index contributed by atoms with van der Waals surface area (Å²) in [5, 5.41) is 8.62. The Labute approximate surface area is 124 Å². The molecule has 1 heterocycles. The smallest absolute Gasteiger partial charge is 0.241 e. The van der Waals surface area contributed by atoms with E-state index in [4.69, 9.17) is 4.74 Å². The van der Waals surface area contributed by atoms with Gasteiger partial charge in [-0.15, -0.1) is 0 Å². The van der Waals surface area contributed by atoms with Crippen molar-refractivity contribution in [1.82, 2.24) is 10.6 Å². The molecule has 1 atom stereocenters. The van der Waals surface area contributed by atoms with E-state index in [2.05, 4.69) is 16.0 Å². The Kier molecular flexibility index (Phi) is 5.71. The number of aryl methyl sites for hydroxylation is 1. The number of carbonyl (C=O) groups excluding carboxylic acids is 2. The highest BCUT2D eigenvalue weighted by atomic mass is 16.5. The molecule has 0 fully saturated rings. The van der Waals surface area contributed by atoms with Crippen molar-refractivity contribution in [2.24, 2.45) is 0 Å². The Hall–Kier alpha value is -1.92. The van der Waals surface area contributed by atoms with Crippen molar-refractivity contribution >= 4 is 17.5 Å². The number of hydrogen-bond donors (Lipinski definition) is 3. The van der Waals surface area contributed by atoms with Crippen molar-refractivity contribution in [3.8, 4) is 0 Å². The molecule has 114 valence electrons. The molecule has 2 rings (SSSR count). The summed E-state index contributed by atoms with van der Waals surface area (Å²) in [5.74, 6) is -0.230. The van der Waals surface area contributed by atoms with Gasteiger partial charge in [0.1, 0.15) is 0 Å². The molecule has 21 heavy (non-hydrogen) atoms. The molecule has 6 nitrogen and oxygen atoms in total. The standard InChI is InChI=1S/C15H21N3O3/c1-21-9-8-16-14(19)10-17-13-7-6-11-4-2-3-5-12(11)18-15(13)20/h2-5,13,17H,6-10H2,1H3,(H,16,19)(H,18,20). The van der Waals surface area contributed by atoms with Crippen LogP contribution in [0.5, 0.6) is 0 Å². The lowest BCUT2D eigenvalue weighted by Gasteiger charge is -2.15. The number of carbonyl (C=O) groups is 2. The Bertz CT molecular complexity index is 505. The van der Waals surface area contributed by atoms with Crippen LogP contribution in [0.15, 0.2) is 24.3 Å². The van der Waals surface area contributed by atoms with E-state index in [0.717, 1.165) is 17.7 Å². The lowest BCUT2D eigenvalue weighted by molar-refractivity contribution is -0.121. The maximum Gasteiger partial charge on any atom is 0.241 e. The van der Waals surface area contributed by atoms with Crippen LogP contribution in [0.4, 0.5) is 5.69 Å². The van der Waals surface area contributed by atoms with Gasteiger partial charge in [-0.25, -0.2) is 0 Å². The highest BCUT2D eigenvalue weighted by Gasteiger charge is 2.23. The Balaban J connectivity index is 1.82. The van der Waals surface area contributed by atoms with Crippen LogP contribution >= 0.6 is 0 Å². The van der Waals surface area contributed by atoms with E-state index in [1.165, 1.54) is 0 Å². The first-order valence-corrected chi connectivity index (χ1v) is 7.08. The van der Waals surface area contributed by atoms with Crippen molar-refractivity contribution in [2.75, 3.05) is 32.1 Å². The van der Waals surface area contributed by atoms with Gasteiger partial charge >= 0.3 is 0 Å². The van der Waals surface area contributed by atoms with Gasteiger partial charge < -0.3 is 15.4 Å². The minimum absolute atomic E-state index is 0.0929. The average molecular weight is 291 g/mol. The van der Waals surface area contributed by atoms with Gasteiger partial charge in [-0.2, -0.15) is 0 Å². The molecule has 0 aliphatic carbocycles.